The molecular weight excluding hydrogens is 330 g/mol. The Labute approximate surface area is 130 Å². The topological polar surface area (TPSA) is 37.4 Å². The third-order valence-corrected chi connectivity index (χ3v) is 4.97. The van der Waals surface area contributed by atoms with E-state index < -0.39 is 11.7 Å². The van der Waals surface area contributed by atoms with Crippen LogP contribution in [0.1, 0.15) is 27.4 Å². The van der Waals surface area contributed by atoms with Crippen LogP contribution in [0.5, 0.6) is 0 Å². The number of anilines is 1. The highest BCUT2D eigenvalue weighted by Gasteiger charge is 2.39. The van der Waals surface area contributed by atoms with Gasteiger partial charge in [0, 0.05) is 16.9 Å². The van der Waals surface area contributed by atoms with E-state index in [1.165, 1.54) is 11.1 Å². The number of halogens is 1. The molecule has 0 bridgehead atoms. The monoisotopic (exact) mass is 341 g/mol. The van der Waals surface area contributed by atoms with Crippen LogP contribution in [0.25, 0.3) is 0 Å². The first-order valence-corrected chi connectivity index (χ1v) is 7.68. The lowest BCUT2D eigenvalue weighted by atomic mass is 9.77. The Morgan fingerprint density at radius 3 is 2.71 bits per heavy atom. The first kappa shape index (κ1) is 12.8. The second-order valence-electron chi connectivity index (χ2n) is 5.48. The van der Waals surface area contributed by atoms with Crippen molar-refractivity contribution in [2.75, 3.05) is 11.4 Å². The minimum absolute atomic E-state index is 0.322. The van der Waals surface area contributed by atoms with Crippen LogP contribution < -0.4 is 4.90 Å². The van der Waals surface area contributed by atoms with Gasteiger partial charge in [0.05, 0.1) is 11.3 Å². The Morgan fingerprint density at radius 2 is 1.90 bits per heavy atom. The van der Waals surface area contributed by atoms with E-state index in [0.29, 0.717) is 22.5 Å². The van der Waals surface area contributed by atoms with Gasteiger partial charge in [0.15, 0.2) is 0 Å². The first-order valence-electron chi connectivity index (χ1n) is 6.89. The molecule has 1 aliphatic carbocycles. The minimum atomic E-state index is -0.415. The van der Waals surface area contributed by atoms with Gasteiger partial charge in [-0.15, -0.1) is 0 Å². The predicted molar refractivity (Wildman–Crippen MR) is 83.7 cm³/mol. The number of ketones is 1. The number of rotatable bonds is 2. The second kappa shape index (κ2) is 4.53. The summed E-state index contributed by atoms with van der Waals surface area (Å²) in [5.74, 6) is -0.505. The lowest BCUT2D eigenvalue weighted by Gasteiger charge is -2.33. The summed E-state index contributed by atoms with van der Waals surface area (Å²) in [5, 5.41) is 0. The molecule has 4 heteroatoms. The Hall–Kier alpha value is -1.94. The zero-order chi connectivity index (χ0) is 14.6. The number of carbonyl (C=O) groups is 2. The molecule has 1 atom stereocenters. The van der Waals surface area contributed by atoms with Crippen molar-refractivity contribution in [1.82, 2.24) is 0 Å². The van der Waals surface area contributed by atoms with Crippen molar-refractivity contribution in [2.45, 2.75) is 12.3 Å². The van der Waals surface area contributed by atoms with Crippen LogP contribution >= 0.6 is 15.9 Å². The third kappa shape index (κ3) is 1.79. The molecule has 0 radical (unpaired) electrons. The fourth-order valence-electron chi connectivity index (χ4n) is 3.23. The largest absolute Gasteiger partial charge is 0.304 e. The number of fused-ring (bicyclic) bond motifs is 2. The fraction of sp³-hybridized carbons (Fsp3) is 0.176. The van der Waals surface area contributed by atoms with E-state index in [1.807, 2.05) is 24.3 Å². The van der Waals surface area contributed by atoms with Gasteiger partial charge in [0.2, 0.25) is 0 Å². The molecule has 2 aliphatic rings. The molecule has 0 fully saturated rings. The van der Waals surface area contributed by atoms with Gasteiger partial charge >= 0.3 is 0 Å². The van der Waals surface area contributed by atoms with Gasteiger partial charge < -0.3 is 4.90 Å². The van der Waals surface area contributed by atoms with E-state index >= 15 is 0 Å². The van der Waals surface area contributed by atoms with Crippen molar-refractivity contribution in [3.8, 4) is 0 Å². The van der Waals surface area contributed by atoms with Crippen LogP contribution in [0.3, 0.4) is 0 Å². The maximum atomic E-state index is 12.3. The summed E-state index contributed by atoms with van der Waals surface area (Å²) >= 11 is 3.37. The average Bonchev–Trinajstić information content (AvgIpc) is 2.70. The highest BCUT2D eigenvalue weighted by Crippen LogP contribution is 2.40. The van der Waals surface area contributed by atoms with Crippen LogP contribution in [-0.4, -0.2) is 18.2 Å². The zero-order valence-corrected chi connectivity index (χ0v) is 12.8. The summed E-state index contributed by atoms with van der Waals surface area (Å²) in [5.41, 5.74) is 3.86. The lowest BCUT2D eigenvalue weighted by molar-refractivity contribution is -0.114. The molecule has 2 aromatic rings. The van der Waals surface area contributed by atoms with Gasteiger partial charge in [0.1, 0.15) is 0 Å². The molecule has 2 aromatic carbocycles. The zero-order valence-electron chi connectivity index (χ0n) is 11.2. The van der Waals surface area contributed by atoms with E-state index in [4.69, 9.17) is 0 Å². The number of carbonyl (C=O) groups excluding carboxylic acids is 2. The summed E-state index contributed by atoms with van der Waals surface area (Å²) in [6.07, 6.45) is 0.970. The van der Waals surface area contributed by atoms with Crippen molar-refractivity contribution in [3.63, 3.8) is 0 Å². The number of hydrogen-bond acceptors (Lipinski definition) is 2. The molecule has 1 aliphatic heterocycles. The molecule has 0 saturated carbocycles. The predicted octanol–water partition coefficient (Wildman–Crippen LogP) is 3.32. The van der Waals surface area contributed by atoms with E-state index in [-0.39, 0.29) is 0 Å². The highest BCUT2D eigenvalue weighted by molar-refractivity contribution is 9.10. The third-order valence-electron chi connectivity index (χ3n) is 4.31. The molecular formula is C17H12BrNO2. The number of nitrogens with zero attached hydrogens (tertiary/aromatic N) is 1. The molecule has 1 unspecified atom stereocenters. The smallest absolute Gasteiger partial charge is 0.299 e. The summed E-state index contributed by atoms with van der Waals surface area (Å²) in [4.78, 5) is 26.0. The molecule has 0 spiro atoms. The molecule has 104 valence electrons. The molecule has 1 amide bonds. The molecule has 0 aromatic heterocycles. The summed E-state index contributed by atoms with van der Waals surface area (Å²) in [6.45, 7) is 0.574. The minimum Gasteiger partial charge on any atom is -0.304 e. The number of benzene rings is 2. The molecule has 1 heterocycles. The molecule has 0 N–H and O–H groups in total. The number of Topliss-reactive ketones (excluding diaryl/α,β-unsaturated/α-hetero) is 1. The van der Waals surface area contributed by atoms with Crippen LogP contribution in [0.15, 0.2) is 46.9 Å². The maximum Gasteiger partial charge on any atom is 0.299 e. The SMILES string of the molecule is O=C1C(=O)N(CC2Cc3ccccc32)c2cccc(Br)c21. The van der Waals surface area contributed by atoms with Crippen molar-refractivity contribution in [2.24, 2.45) is 0 Å². The number of amides is 1. The second-order valence-corrected chi connectivity index (χ2v) is 6.33. The van der Waals surface area contributed by atoms with Crippen molar-refractivity contribution < 1.29 is 9.59 Å². The Kier molecular flexibility index (Phi) is 2.76. The van der Waals surface area contributed by atoms with E-state index in [1.54, 1.807) is 11.0 Å². The quantitative estimate of drug-likeness (QED) is 0.786. The van der Waals surface area contributed by atoms with Gasteiger partial charge in [0.25, 0.3) is 11.7 Å². The standard InChI is InChI=1S/C17H12BrNO2/c18-13-6-3-7-14-15(13)16(20)17(21)19(14)9-11-8-10-4-1-2-5-12(10)11/h1-7,11H,8-9H2. The van der Waals surface area contributed by atoms with Crippen LogP contribution in [0.2, 0.25) is 0 Å². The van der Waals surface area contributed by atoms with E-state index in [9.17, 15) is 9.59 Å². The van der Waals surface area contributed by atoms with E-state index in [2.05, 4.69) is 28.1 Å². The van der Waals surface area contributed by atoms with Gasteiger partial charge in [-0.1, -0.05) is 30.3 Å². The Morgan fingerprint density at radius 1 is 1.10 bits per heavy atom. The number of hydrogen-bond donors (Lipinski definition) is 0. The van der Waals surface area contributed by atoms with Crippen molar-refractivity contribution in [3.05, 3.63) is 63.6 Å². The molecule has 3 nitrogen and oxygen atoms in total. The van der Waals surface area contributed by atoms with Crippen LogP contribution in [-0.2, 0) is 11.2 Å². The Balaban J connectivity index is 1.68. The van der Waals surface area contributed by atoms with Gasteiger partial charge in [-0.2, -0.15) is 0 Å². The molecule has 21 heavy (non-hydrogen) atoms. The van der Waals surface area contributed by atoms with E-state index in [0.717, 1.165) is 12.1 Å². The summed E-state index contributed by atoms with van der Waals surface area (Å²) < 4.78 is 0.690. The normalized spacial score (nSPS) is 19.3. The Bertz CT molecular complexity index is 784. The first-order chi connectivity index (χ1) is 10.2. The van der Waals surface area contributed by atoms with Crippen LogP contribution in [0.4, 0.5) is 5.69 Å². The fourth-order valence-corrected chi connectivity index (χ4v) is 3.76. The van der Waals surface area contributed by atoms with Crippen LogP contribution in [0, 0.1) is 0 Å². The lowest BCUT2D eigenvalue weighted by Crippen LogP contribution is -2.37. The highest BCUT2D eigenvalue weighted by atomic mass is 79.9. The molecule has 4 rings (SSSR count). The van der Waals surface area contributed by atoms with Gasteiger partial charge in [-0.3, -0.25) is 9.59 Å². The summed E-state index contributed by atoms with van der Waals surface area (Å²) in [6, 6.07) is 13.8. The van der Waals surface area contributed by atoms with Gasteiger partial charge in [-0.25, -0.2) is 0 Å². The van der Waals surface area contributed by atoms with Gasteiger partial charge in [-0.05, 0) is 45.6 Å². The van der Waals surface area contributed by atoms with Crippen molar-refractivity contribution in [1.29, 1.82) is 0 Å². The van der Waals surface area contributed by atoms with Crippen molar-refractivity contribution >= 4 is 33.3 Å². The maximum absolute atomic E-state index is 12.3. The average molecular weight is 342 g/mol. The summed E-state index contributed by atoms with van der Waals surface area (Å²) in [7, 11) is 0. The molecule has 0 saturated heterocycles.